The molecule has 5 heteroatoms. The third-order valence-electron chi connectivity index (χ3n) is 4.45. The molecule has 1 aliphatic heterocycles. The van der Waals surface area contributed by atoms with Gasteiger partial charge in [-0.2, -0.15) is 0 Å². The average Bonchev–Trinajstić information content (AvgIpc) is 2.90. The van der Waals surface area contributed by atoms with E-state index in [4.69, 9.17) is 0 Å². The number of para-hydroxylation sites is 1. The highest BCUT2D eigenvalue weighted by atomic mass is 16.1. The number of nitrogens with zero attached hydrogens (tertiary/aromatic N) is 3. The van der Waals surface area contributed by atoms with Gasteiger partial charge in [0, 0.05) is 45.1 Å². The minimum Gasteiger partial charge on any atom is -0.367 e. The van der Waals surface area contributed by atoms with E-state index in [0.29, 0.717) is 18.2 Å². The molecule has 0 aliphatic carbocycles. The van der Waals surface area contributed by atoms with E-state index in [1.165, 1.54) is 11.3 Å². The third kappa shape index (κ3) is 3.35. The molecular formula is C19H24N4O. The van der Waals surface area contributed by atoms with Crippen molar-refractivity contribution in [1.29, 1.82) is 0 Å². The van der Waals surface area contributed by atoms with Crippen molar-refractivity contribution in [2.75, 3.05) is 37.0 Å². The third-order valence-corrected chi connectivity index (χ3v) is 4.45. The fourth-order valence-electron chi connectivity index (χ4n) is 3.15. The monoisotopic (exact) mass is 324 g/mol. The van der Waals surface area contributed by atoms with Gasteiger partial charge in [-0.15, -0.1) is 0 Å². The number of pyridine rings is 1. The molecule has 1 aromatic heterocycles. The van der Waals surface area contributed by atoms with Gasteiger partial charge in [0.1, 0.15) is 5.82 Å². The van der Waals surface area contributed by atoms with Crippen molar-refractivity contribution >= 4 is 17.4 Å². The number of carbonyl (C=O) groups excluding carboxylic acids is 1. The summed E-state index contributed by atoms with van der Waals surface area (Å²) in [6, 6.07) is 12.6. The van der Waals surface area contributed by atoms with Crippen LogP contribution in [0.3, 0.4) is 0 Å². The predicted octanol–water partition coefficient (Wildman–Crippen LogP) is 2.33. The number of hydrogen-bond donors (Lipinski definition) is 1. The van der Waals surface area contributed by atoms with Crippen molar-refractivity contribution in [2.45, 2.75) is 19.4 Å². The average molecular weight is 324 g/mol. The molecule has 1 atom stereocenters. The number of fused-ring (bicyclic) bond motifs is 1. The van der Waals surface area contributed by atoms with Crippen molar-refractivity contribution in [3.8, 4) is 0 Å². The highest BCUT2D eigenvalue weighted by Crippen LogP contribution is 2.31. The zero-order chi connectivity index (χ0) is 17.1. The second kappa shape index (κ2) is 6.91. The molecule has 24 heavy (non-hydrogen) atoms. The molecular weight excluding hydrogens is 300 g/mol. The molecule has 126 valence electrons. The number of nitrogens with one attached hydrogen (secondary N) is 1. The Hall–Kier alpha value is -2.56. The second-order valence-corrected chi connectivity index (χ2v) is 6.43. The molecule has 5 nitrogen and oxygen atoms in total. The summed E-state index contributed by atoms with van der Waals surface area (Å²) in [6.07, 6.45) is 2.69. The Balaban J connectivity index is 1.55. The van der Waals surface area contributed by atoms with Crippen LogP contribution >= 0.6 is 0 Å². The number of benzene rings is 1. The fraction of sp³-hybridized carbons (Fsp3) is 0.368. The number of anilines is 2. The summed E-state index contributed by atoms with van der Waals surface area (Å²) in [5.41, 5.74) is 3.27. The Morgan fingerprint density at radius 2 is 2.08 bits per heavy atom. The Morgan fingerprint density at radius 3 is 2.79 bits per heavy atom. The zero-order valence-corrected chi connectivity index (χ0v) is 14.5. The number of carbonyl (C=O) groups is 1. The van der Waals surface area contributed by atoms with E-state index in [-0.39, 0.29) is 5.91 Å². The fourth-order valence-corrected chi connectivity index (χ4v) is 3.15. The predicted molar refractivity (Wildman–Crippen MR) is 97.9 cm³/mol. The van der Waals surface area contributed by atoms with E-state index in [9.17, 15) is 4.79 Å². The molecule has 2 aromatic rings. The highest BCUT2D eigenvalue weighted by Gasteiger charge is 2.24. The Kier molecular flexibility index (Phi) is 4.69. The topological polar surface area (TPSA) is 48.5 Å². The van der Waals surface area contributed by atoms with E-state index in [1.54, 1.807) is 6.20 Å². The summed E-state index contributed by atoms with van der Waals surface area (Å²) in [5.74, 6) is 0.766. The molecule has 1 N–H and O–H groups in total. The molecule has 0 fully saturated rings. The molecule has 1 amide bonds. The van der Waals surface area contributed by atoms with Crippen LogP contribution in [0.4, 0.5) is 11.5 Å². The van der Waals surface area contributed by atoms with Crippen LogP contribution in [-0.2, 0) is 6.42 Å². The van der Waals surface area contributed by atoms with Gasteiger partial charge in [0.05, 0.1) is 5.56 Å². The summed E-state index contributed by atoms with van der Waals surface area (Å²) in [4.78, 5) is 20.8. The van der Waals surface area contributed by atoms with E-state index in [2.05, 4.69) is 46.4 Å². The molecule has 0 saturated carbocycles. The Bertz CT molecular complexity index is 712. The number of hydrogen-bond acceptors (Lipinski definition) is 4. The number of aromatic nitrogens is 1. The van der Waals surface area contributed by atoms with Crippen LogP contribution in [0.15, 0.2) is 42.6 Å². The quantitative estimate of drug-likeness (QED) is 0.917. The van der Waals surface area contributed by atoms with E-state index >= 15 is 0 Å². The zero-order valence-electron chi connectivity index (χ0n) is 14.5. The van der Waals surface area contributed by atoms with E-state index in [0.717, 1.165) is 18.8 Å². The maximum absolute atomic E-state index is 12.2. The van der Waals surface area contributed by atoms with Gasteiger partial charge >= 0.3 is 0 Å². The number of rotatable bonds is 5. The summed E-state index contributed by atoms with van der Waals surface area (Å²) >= 11 is 0. The SMILES string of the molecule is CC1Cc2ccccc2N1CCNC(=O)c1ccc(N(C)C)nc1. The lowest BCUT2D eigenvalue weighted by Crippen LogP contribution is -2.37. The largest absolute Gasteiger partial charge is 0.367 e. The van der Waals surface area contributed by atoms with Crippen LogP contribution in [0.5, 0.6) is 0 Å². The van der Waals surface area contributed by atoms with Crippen LogP contribution in [0.25, 0.3) is 0 Å². The van der Waals surface area contributed by atoms with Crippen molar-refractivity contribution in [3.63, 3.8) is 0 Å². The molecule has 0 radical (unpaired) electrons. The maximum atomic E-state index is 12.2. The lowest BCUT2D eigenvalue weighted by atomic mass is 10.1. The lowest BCUT2D eigenvalue weighted by Gasteiger charge is -2.25. The van der Waals surface area contributed by atoms with Crippen LogP contribution in [0.1, 0.15) is 22.8 Å². The molecule has 1 unspecified atom stereocenters. The first kappa shape index (κ1) is 16.3. The first-order valence-electron chi connectivity index (χ1n) is 8.32. The number of amides is 1. The summed E-state index contributed by atoms with van der Waals surface area (Å²) < 4.78 is 0. The molecule has 0 bridgehead atoms. The Morgan fingerprint density at radius 1 is 1.29 bits per heavy atom. The van der Waals surface area contributed by atoms with E-state index in [1.807, 2.05) is 31.1 Å². The van der Waals surface area contributed by atoms with E-state index < -0.39 is 0 Å². The van der Waals surface area contributed by atoms with Crippen LogP contribution in [-0.4, -0.2) is 44.1 Å². The van der Waals surface area contributed by atoms with Crippen molar-refractivity contribution < 1.29 is 4.79 Å². The standard InChI is InChI=1S/C19H24N4O/c1-14-12-15-6-4-5-7-17(15)23(14)11-10-20-19(24)16-8-9-18(21-13-16)22(2)3/h4-9,13-14H,10-12H2,1-3H3,(H,20,24). The van der Waals surface area contributed by atoms with Gasteiger partial charge in [-0.3, -0.25) is 4.79 Å². The van der Waals surface area contributed by atoms with Gasteiger partial charge in [0.25, 0.3) is 5.91 Å². The maximum Gasteiger partial charge on any atom is 0.252 e. The molecule has 1 aromatic carbocycles. The smallest absolute Gasteiger partial charge is 0.252 e. The normalized spacial score (nSPS) is 16.0. The summed E-state index contributed by atoms with van der Waals surface area (Å²) in [7, 11) is 3.86. The minimum absolute atomic E-state index is 0.0760. The van der Waals surface area contributed by atoms with Gasteiger partial charge in [-0.05, 0) is 37.1 Å². The van der Waals surface area contributed by atoms with Crippen LogP contribution in [0.2, 0.25) is 0 Å². The van der Waals surface area contributed by atoms with Gasteiger partial charge < -0.3 is 15.1 Å². The summed E-state index contributed by atoms with van der Waals surface area (Å²) in [5, 5.41) is 2.99. The lowest BCUT2D eigenvalue weighted by molar-refractivity contribution is 0.0954. The Labute approximate surface area is 143 Å². The van der Waals surface area contributed by atoms with Gasteiger partial charge in [0.2, 0.25) is 0 Å². The van der Waals surface area contributed by atoms with Gasteiger partial charge in [-0.1, -0.05) is 18.2 Å². The summed E-state index contributed by atoms with van der Waals surface area (Å²) in [6.45, 7) is 3.66. The second-order valence-electron chi connectivity index (χ2n) is 6.43. The highest BCUT2D eigenvalue weighted by molar-refractivity contribution is 5.94. The molecule has 0 spiro atoms. The van der Waals surface area contributed by atoms with Gasteiger partial charge in [0.15, 0.2) is 0 Å². The van der Waals surface area contributed by atoms with Crippen molar-refractivity contribution in [3.05, 3.63) is 53.7 Å². The first-order valence-corrected chi connectivity index (χ1v) is 8.32. The van der Waals surface area contributed by atoms with Crippen LogP contribution < -0.4 is 15.1 Å². The van der Waals surface area contributed by atoms with Crippen molar-refractivity contribution in [1.82, 2.24) is 10.3 Å². The molecule has 0 saturated heterocycles. The van der Waals surface area contributed by atoms with Crippen LogP contribution in [0, 0.1) is 0 Å². The van der Waals surface area contributed by atoms with Gasteiger partial charge in [-0.25, -0.2) is 4.98 Å². The minimum atomic E-state index is -0.0760. The first-order chi connectivity index (χ1) is 11.6. The molecule has 3 rings (SSSR count). The molecule has 1 aliphatic rings. The van der Waals surface area contributed by atoms with Crippen molar-refractivity contribution in [2.24, 2.45) is 0 Å². The molecule has 2 heterocycles.